The predicted octanol–water partition coefficient (Wildman–Crippen LogP) is -5.18. The molecule has 86 heavy (non-hydrogen) atoms. The van der Waals surface area contributed by atoms with Gasteiger partial charge in [-0.2, -0.15) is 0 Å². The standard InChI is InChI=1S/C55H101N7O24/c56-55(34-78-25-13-46(72)60-19-7-16-57-43(69)10-1-4-22-81-49-28-37(66)52(75)40(31-63)84-49,35-79-26-14-47(73)61-20-8-17-58-44(70)11-2-5-23-82-50-29-38(67)53(76)41(32-64)85-50)36-80-27-15-48(74)62-21-9-18-59-45(71)12-3-6-24-83-51-30-39(68)54(77)42(33-65)86-51/h37-42,49-54,63-68,75-77H,1-36,56H2,(H,57,69)(H,58,70)(H,59,71)(H,60,72)(H,61,73)(H,62,74)/t37-,38-,39-,40-,41-,42-,49-,50-,51?,52-,53-,54-/m1/s1. The van der Waals surface area contributed by atoms with Crippen LogP contribution >= 0.6 is 0 Å². The van der Waals surface area contributed by atoms with Crippen LogP contribution in [0.2, 0.25) is 0 Å². The average Bonchev–Trinajstić information content (AvgIpc) is 3.69. The molecule has 17 N–H and O–H groups in total. The van der Waals surface area contributed by atoms with Crippen LogP contribution in [0.4, 0.5) is 0 Å². The number of aliphatic hydroxyl groups is 9. The van der Waals surface area contributed by atoms with Crippen LogP contribution in [0.15, 0.2) is 0 Å². The van der Waals surface area contributed by atoms with Gasteiger partial charge in [0, 0.05) is 117 Å². The average molecular weight is 1240 g/mol. The maximum absolute atomic E-state index is 12.6. The van der Waals surface area contributed by atoms with E-state index in [-0.39, 0.29) is 153 Å². The number of hydrogen-bond donors (Lipinski definition) is 16. The third-order valence-corrected chi connectivity index (χ3v) is 14.0. The summed E-state index contributed by atoms with van der Waals surface area (Å²) in [5.74, 6) is -1.35. The van der Waals surface area contributed by atoms with Crippen LogP contribution in [0.5, 0.6) is 0 Å². The molecule has 0 aromatic heterocycles. The molecule has 0 bridgehead atoms. The van der Waals surface area contributed by atoms with Crippen molar-refractivity contribution in [3.63, 3.8) is 0 Å². The molecule has 0 spiro atoms. The summed E-state index contributed by atoms with van der Waals surface area (Å²) >= 11 is 0. The maximum atomic E-state index is 12.6. The Kier molecular flexibility index (Phi) is 40.2. The monoisotopic (exact) mass is 1240 g/mol. The van der Waals surface area contributed by atoms with Gasteiger partial charge in [0.05, 0.1) is 83.3 Å². The second-order valence-electron chi connectivity index (χ2n) is 21.7. The lowest BCUT2D eigenvalue weighted by atomic mass is 10.0. The van der Waals surface area contributed by atoms with Crippen LogP contribution in [0.25, 0.3) is 0 Å². The van der Waals surface area contributed by atoms with E-state index in [1.807, 2.05) is 0 Å². The zero-order valence-electron chi connectivity index (χ0n) is 49.6. The largest absolute Gasteiger partial charge is 0.394 e. The van der Waals surface area contributed by atoms with Crippen molar-refractivity contribution in [2.24, 2.45) is 5.73 Å². The Morgan fingerprint density at radius 1 is 0.372 bits per heavy atom. The van der Waals surface area contributed by atoms with Crippen molar-refractivity contribution in [2.45, 2.75) is 195 Å². The van der Waals surface area contributed by atoms with E-state index in [1.54, 1.807) is 0 Å². The molecule has 3 saturated heterocycles. The number of ether oxygens (including phenoxy) is 9. The van der Waals surface area contributed by atoms with Gasteiger partial charge in [-0.15, -0.1) is 0 Å². The molecule has 0 aliphatic carbocycles. The molecule has 31 nitrogen and oxygen atoms in total. The summed E-state index contributed by atoms with van der Waals surface area (Å²) in [5, 5.41) is 104. The summed E-state index contributed by atoms with van der Waals surface area (Å²) in [6.45, 7) is 1.07. The van der Waals surface area contributed by atoms with Crippen LogP contribution in [0, 0.1) is 0 Å². The topological polar surface area (TPSA) is 466 Å². The Morgan fingerprint density at radius 3 is 0.860 bits per heavy atom. The maximum Gasteiger partial charge on any atom is 0.222 e. The number of aliphatic hydroxyl groups excluding tert-OH is 9. The number of amides is 6. The van der Waals surface area contributed by atoms with Crippen LogP contribution < -0.4 is 37.6 Å². The molecule has 3 fully saturated rings. The summed E-state index contributed by atoms with van der Waals surface area (Å²) in [5.41, 5.74) is 5.42. The lowest BCUT2D eigenvalue weighted by molar-refractivity contribution is -0.257. The molecular formula is C55H101N7O24. The zero-order valence-corrected chi connectivity index (χ0v) is 49.6. The van der Waals surface area contributed by atoms with Crippen molar-refractivity contribution < 1.29 is 117 Å². The summed E-state index contributed by atoms with van der Waals surface area (Å²) in [6, 6.07) is 0. The molecule has 500 valence electrons. The molecule has 3 aliphatic heterocycles. The lowest BCUT2D eigenvalue weighted by Crippen LogP contribution is -2.53. The van der Waals surface area contributed by atoms with Crippen molar-refractivity contribution in [3.05, 3.63) is 0 Å². The highest BCUT2D eigenvalue weighted by atomic mass is 16.7. The van der Waals surface area contributed by atoms with E-state index in [0.717, 1.165) is 0 Å². The minimum atomic E-state index is -1.24. The summed E-state index contributed by atoms with van der Waals surface area (Å²) in [4.78, 5) is 74.5. The van der Waals surface area contributed by atoms with Crippen LogP contribution in [0.1, 0.15) is 116 Å². The van der Waals surface area contributed by atoms with Gasteiger partial charge in [-0.1, -0.05) is 0 Å². The number of carbonyl (C=O) groups excluding carboxylic acids is 6. The van der Waals surface area contributed by atoms with Crippen LogP contribution in [0.3, 0.4) is 0 Å². The molecule has 31 heteroatoms. The number of hydrogen-bond acceptors (Lipinski definition) is 25. The molecule has 3 heterocycles. The molecule has 3 aliphatic rings. The third-order valence-electron chi connectivity index (χ3n) is 14.0. The summed E-state index contributed by atoms with van der Waals surface area (Å²) in [7, 11) is 0. The fourth-order valence-corrected chi connectivity index (χ4v) is 8.94. The number of nitrogens with one attached hydrogen (secondary N) is 6. The van der Waals surface area contributed by atoms with E-state index in [0.29, 0.717) is 97.1 Å². The molecule has 0 saturated carbocycles. The first-order valence-corrected chi connectivity index (χ1v) is 30.2. The normalized spacial score (nSPS) is 25.0. The van der Waals surface area contributed by atoms with Crippen molar-refractivity contribution >= 4 is 35.4 Å². The number of unbranched alkanes of at least 4 members (excludes halogenated alkanes) is 3. The van der Waals surface area contributed by atoms with E-state index < -0.39 is 99.2 Å². The van der Waals surface area contributed by atoms with Gasteiger partial charge in [-0.05, 0) is 57.8 Å². The van der Waals surface area contributed by atoms with Gasteiger partial charge in [0.2, 0.25) is 35.4 Å². The quantitative estimate of drug-likeness (QED) is 0.0253. The molecule has 12 atom stereocenters. The van der Waals surface area contributed by atoms with Crippen molar-refractivity contribution in [2.75, 3.05) is 119 Å². The highest BCUT2D eigenvalue weighted by Gasteiger charge is 2.39. The van der Waals surface area contributed by atoms with Crippen molar-refractivity contribution in [3.8, 4) is 0 Å². The molecule has 0 aromatic rings. The first kappa shape index (κ1) is 76.3. The Morgan fingerprint density at radius 2 is 0.616 bits per heavy atom. The zero-order chi connectivity index (χ0) is 63.0. The van der Waals surface area contributed by atoms with E-state index >= 15 is 0 Å². The highest BCUT2D eigenvalue weighted by molar-refractivity contribution is 5.78. The van der Waals surface area contributed by atoms with Gasteiger partial charge in [0.15, 0.2) is 18.9 Å². The van der Waals surface area contributed by atoms with Gasteiger partial charge < -0.3 is 126 Å². The summed E-state index contributed by atoms with van der Waals surface area (Å²) < 4.78 is 50.4. The molecular weight excluding hydrogens is 1140 g/mol. The molecule has 3 rings (SSSR count). The first-order valence-electron chi connectivity index (χ1n) is 30.2. The molecule has 0 aromatic carbocycles. The van der Waals surface area contributed by atoms with E-state index in [1.165, 1.54) is 0 Å². The van der Waals surface area contributed by atoms with Gasteiger partial charge >= 0.3 is 0 Å². The van der Waals surface area contributed by atoms with Crippen LogP contribution in [-0.4, -0.2) is 279 Å². The fraction of sp³-hybridized carbons (Fsp3) is 0.891. The van der Waals surface area contributed by atoms with Gasteiger partial charge in [-0.3, -0.25) is 28.8 Å². The molecule has 1 unspecified atom stereocenters. The minimum Gasteiger partial charge on any atom is -0.394 e. The molecule has 6 amide bonds. The first-order chi connectivity index (χ1) is 41.4. The Bertz CT molecular complexity index is 1690. The Labute approximate surface area is 502 Å². The smallest absolute Gasteiger partial charge is 0.222 e. The lowest BCUT2D eigenvalue weighted by Gasteiger charge is -2.36. The molecule has 0 radical (unpaired) electrons. The fourth-order valence-electron chi connectivity index (χ4n) is 8.94. The van der Waals surface area contributed by atoms with E-state index in [2.05, 4.69) is 31.9 Å². The predicted molar refractivity (Wildman–Crippen MR) is 302 cm³/mol. The summed E-state index contributed by atoms with van der Waals surface area (Å²) in [6.07, 6.45) is -6.21. The van der Waals surface area contributed by atoms with Gasteiger partial charge in [-0.25, -0.2) is 0 Å². The second kappa shape index (κ2) is 45.3. The number of rotatable bonds is 48. The van der Waals surface area contributed by atoms with Gasteiger partial charge in [0.1, 0.15) is 36.6 Å². The minimum absolute atomic E-state index is 0.00377. The Hall–Kier alpha value is -3.94. The third kappa shape index (κ3) is 33.6. The van der Waals surface area contributed by atoms with E-state index in [4.69, 9.17) is 48.4 Å². The van der Waals surface area contributed by atoms with Crippen molar-refractivity contribution in [1.82, 2.24) is 31.9 Å². The highest BCUT2D eigenvalue weighted by Crippen LogP contribution is 2.24. The van der Waals surface area contributed by atoms with Crippen molar-refractivity contribution in [1.29, 1.82) is 0 Å². The van der Waals surface area contributed by atoms with Gasteiger partial charge in [0.25, 0.3) is 0 Å². The SMILES string of the molecule is NC(COCCC(=O)NCCCNC(=O)CCCCOC1C[C@@H](O)[C@@H](O)[C@@H](CO)O1)(COCCC(=O)NCCCNC(=O)CCCCO[C@H]1C[C@@H](O)[C@@H](O)[C@@H](CO)O1)COCCC(=O)NCCCNC(=O)CCCCO[C@H]1C[C@@H](O)[C@@H](O)[C@@H](CO)O1. The number of carbonyl (C=O) groups is 6. The second-order valence-corrected chi connectivity index (χ2v) is 21.7. The van der Waals surface area contributed by atoms with E-state index in [9.17, 15) is 74.7 Å². The number of nitrogens with two attached hydrogens (primary N) is 1. The van der Waals surface area contributed by atoms with Crippen LogP contribution in [-0.2, 0) is 71.4 Å². The Balaban J connectivity index is 1.28.